The van der Waals surface area contributed by atoms with Gasteiger partial charge in [0.05, 0.1) is 29.3 Å². The summed E-state index contributed by atoms with van der Waals surface area (Å²) >= 11 is 1.44. The highest BCUT2D eigenvalue weighted by Crippen LogP contribution is 2.43. The smallest absolute Gasteiger partial charge is 0.297 e. The van der Waals surface area contributed by atoms with Gasteiger partial charge in [0.2, 0.25) is 5.76 Å². The maximum absolute atomic E-state index is 13.7. The molecule has 1 amide bonds. The third kappa shape index (κ3) is 3.53. The van der Waals surface area contributed by atoms with Crippen molar-refractivity contribution in [3.63, 3.8) is 0 Å². The molecule has 0 aliphatic carbocycles. The number of benzene rings is 2. The summed E-state index contributed by atoms with van der Waals surface area (Å²) in [4.78, 5) is 34.5. The van der Waals surface area contributed by atoms with Gasteiger partial charge in [0.15, 0.2) is 10.6 Å². The van der Waals surface area contributed by atoms with Crippen molar-refractivity contribution in [1.29, 1.82) is 0 Å². The highest BCUT2D eigenvalue weighted by molar-refractivity contribution is 7.15. The number of amides is 1. The molecule has 1 atom stereocenters. The predicted molar refractivity (Wildman–Crippen MR) is 130 cm³/mol. The zero-order chi connectivity index (χ0) is 23.3. The first-order valence-electron chi connectivity index (χ1n) is 11.0. The second-order valence-electron chi connectivity index (χ2n) is 8.31. The number of carbonyl (C=O) groups is 1. The molecule has 0 radical (unpaired) electrons. The van der Waals surface area contributed by atoms with Crippen molar-refractivity contribution in [1.82, 2.24) is 4.98 Å². The monoisotopic (exact) mass is 460 g/mol. The van der Waals surface area contributed by atoms with Crippen molar-refractivity contribution in [3.8, 4) is 5.75 Å². The molecule has 2 aromatic heterocycles. The highest BCUT2D eigenvalue weighted by Gasteiger charge is 2.45. The first kappa shape index (κ1) is 21.4. The van der Waals surface area contributed by atoms with Crippen molar-refractivity contribution in [2.45, 2.75) is 40.2 Å². The Bertz CT molecular complexity index is 1420. The SMILES string of the molecule is CCCOc1ccc([C@@H]2c3c(oc4ccc(C)cc4c3=O)C(=O)N2c2nc(C)c(C)s2)cc1. The van der Waals surface area contributed by atoms with Crippen LogP contribution in [0.15, 0.2) is 51.7 Å². The van der Waals surface area contributed by atoms with E-state index in [1.807, 2.05) is 57.2 Å². The van der Waals surface area contributed by atoms with Crippen molar-refractivity contribution < 1.29 is 13.9 Å². The van der Waals surface area contributed by atoms with Gasteiger partial charge in [0.1, 0.15) is 11.3 Å². The summed E-state index contributed by atoms with van der Waals surface area (Å²) in [6.07, 6.45) is 0.913. The average Bonchev–Trinajstić information content (AvgIpc) is 3.29. The van der Waals surface area contributed by atoms with Gasteiger partial charge in [-0.3, -0.25) is 14.5 Å². The Morgan fingerprint density at radius 2 is 1.85 bits per heavy atom. The zero-order valence-electron chi connectivity index (χ0n) is 19.0. The Morgan fingerprint density at radius 1 is 1.09 bits per heavy atom. The lowest BCUT2D eigenvalue weighted by molar-refractivity contribution is 0.0971. The van der Waals surface area contributed by atoms with Crippen LogP contribution in [0.25, 0.3) is 11.0 Å². The summed E-state index contributed by atoms with van der Waals surface area (Å²) in [7, 11) is 0. The Kier molecular flexibility index (Phi) is 5.29. The quantitative estimate of drug-likeness (QED) is 0.381. The van der Waals surface area contributed by atoms with E-state index in [0.717, 1.165) is 33.9 Å². The standard InChI is InChI=1S/C26H24N2O4S/c1-5-12-31-18-9-7-17(8-10-18)22-21-23(29)19-13-14(2)6-11-20(19)32-24(21)25(30)28(22)26-27-15(3)16(4)33-26/h6-11,13,22H,5,12H2,1-4H3/t22-/m1/s1. The van der Waals surface area contributed by atoms with Crippen LogP contribution in [0.5, 0.6) is 5.75 Å². The maximum Gasteiger partial charge on any atom is 0.297 e. The molecule has 0 bridgehead atoms. The number of rotatable bonds is 5. The van der Waals surface area contributed by atoms with Crippen LogP contribution in [0.4, 0.5) is 5.13 Å². The minimum Gasteiger partial charge on any atom is -0.494 e. The number of anilines is 1. The van der Waals surface area contributed by atoms with Crippen LogP contribution in [0.1, 0.15) is 57.2 Å². The molecule has 168 valence electrons. The molecule has 33 heavy (non-hydrogen) atoms. The van der Waals surface area contributed by atoms with E-state index in [4.69, 9.17) is 9.15 Å². The van der Waals surface area contributed by atoms with Gasteiger partial charge in [-0.2, -0.15) is 0 Å². The molecule has 1 aliphatic rings. The lowest BCUT2D eigenvalue weighted by atomic mass is 9.98. The first-order chi connectivity index (χ1) is 15.9. The normalized spacial score (nSPS) is 15.3. The minimum absolute atomic E-state index is 0.0816. The molecule has 0 unspecified atom stereocenters. The third-order valence-electron chi connectivity index (χ3n) is 5.92. The molecule has 0 fully saturated rings. The Hall–Kier alpha value is -3.45. The van der Waals surface area contributed by atoms with Crippen LogP contribution in [-0.4, -0.2) is 17.5 Å². The molecule has 6 nitrogen and oxygen atoms in total. The Balaban J connectivity index is 1.72. The second-order valence-corrected chi connectivity index (χ2v) is 9.49. The fraction of sp³-hybridized carbons (Fsp3) is 0.269. The van der Waals surface area contributed by atoms with Gasteiger partial charge < -0.3 is 9.15 Å². The van der Waals surface area contributed by atoms with E-state index in [1.54, 1.807) is 11.0 Å². The lowest BCUT2D eigenvalue weighted by Gasteiger charge is -2.22. The van der Waals surface area contributed by atoms with E-state index >= 15 is 0 Å². The van der Waals surface area contributed by atoms with Crippen LogP contribution in [0.2, 0.25) is 0 Å². The molecule has 4 aromatic rings. The summed E-state index contributed by atoms with van der Waals surface area (Å²) in [5.74, 6) is 0.478. The fourth-order valence-corrected chi connectivity index (χ4v) is 5.06. The molecule has 0 spiro atoms. The number of carbonyl (C=O) groups excluding carboxylic acids is 1. The molecular formula is C26H24N2O4S. The van der Waals surface area contributed by atoms with Gasteiger partial charge in [-0.05, 0) is 57.0 Å². The maximum atomic E-state index is 13.7. The van der Waals surface area contributed by atoms with Crippen LogP contribution in [0, 0.1) is 20.8 Å². The third-order valence-corrected chi connectivity index (χ3v) is 6.99. The van der Waals surface area contributed by atoms with Gasteiger partial charge in [-0.15, -0.1) is 11.3 Å². The number of aryl methyl sites for hydroxylation is 3. The van der Waals surface area contributed by atoms with Crippen molar-refractivity contribution in [3.05, 3.63) is 85.7 Å². The number of hydrogen-bond donors (Lipinski definition) is 0. The summed E-state index contributed by atoms with van der Waals surface area (Å²) in [6.45, 7) is 8.49. The second kappa shape index (κ2) is 8.15. The van der Waals surface area contributed by atoms with E-state index in [9.17, 15) is 9.59 Å². The lowest BCUT2D eigenvalue weighted by Crippen LogP contribution is -2.29. The Morgan fingerprint density at radius 3 is 2.52 bits per heavy atom. The average molecular weight is 461 g/mol. The zero-order valence-corrected chi connectivity index (χ0v) is 19.8. The van der Waals surface area contributed by atoms with Gasteiger partial charge in [-0.1, -0.05) is 30.7 Å². The molecule has 0 N–H and O–H groups in total. The van der Waals surface area contributed by atoms with E-state index in [2.05, 4.69) is 11.9 Å². The van der Waals surface area contributed by atoms with E-state index < -0.39 is 6.04 Å². The number of fused-ring (bicyclic) bond motifs is 2. The minimum atomic E-state index is -0.626. The van der Waals surface area contributed by atoms with Crippen molar-refractivity contribution >= 4 is 33.3 Å². The summed E-state index contributed by atoms with van der Waals surface area (Å²) in [5.41, 5.74) is 3.19. The van der Waals surface area contributed by atoms with Crippen LogP contribution >= 0.6 is 11.3 Å². The largest absolute Gasteiger partial charge is 0.494 e. The molecule has 3 heterocycles. The van der Waals surface area contributed by atoms with Gasteiger partial charge in [0, 0.05) is 4.88 Å². The van der Waals surface area contributed by atoms with Crippen LogP contribution in [0.3, 0.4) is 0 Å². The van der Waals surface area contributed by atoms with E-state index in [0.29, 0.717) is 28.3 Å². The van der Waals surface area contributed by atoms with Crippen LogP contribution < -0.4 is 15.1 Å². The fourth-order valence-electron chi connectivity index (χ4n) is 4.12. The number of hydrogen-bond acceptors (Lipinski definition) is 6. The molecule has 0 saturated heterocycles. The molecule has 5 rings (SSSR count). The molecule has 1 aliphatic heterocycles. The van der Waals surface area contributed by atoms with Gasteiger partial charge in [-0.25, -0.2) is 4.98 Å². The molecular weight excluding hydrogens is 436 g/mol. The Labute approximate surface area is 195 Å². The number of nitrogens with zero attached hydrogens (tertiary/aromatic N) is 2. The number of thiazole rings is 1. The number of aromatic nitrogens is 1. The summed E-state index contributed by atoms with van der Waals surface area (Å²) in [6, 6.07) is 12.3. The summed E-state index contributed by atoms with van der Waals surface area (Å²) in [5, 5.41) is 1.03. The van der Waals surface area contributed by atoms with E-state index in [1.165, 1.54) is 11.3 Å². The van der Waals surface area contributed by atoms with E-state index in [-0.39, 0.29) is 17.1 Å². The molecule has 0 saturated carbocycles. The van der Waals surface area contributed by atoms with Gasteiger partial charge >= 0.3 is 0 Å². The van der Waals surface area contributed by atoms with Gasteiger partial charge in [0.25, 0.3) is 5.91 Å². The number of ether oxygens (including phenoxy) is 1. The van der Waals surface area contributed by atoms with Crippen molar-refractivity contribution in [2.24, 2.45) is 0 Å². The summed E-state index contributed by atoms with van der Waals surface area (Å²) < 4.78 is 11.7. The molecule has 7 heteroatoms. The first-order valence-corrected chi connectivity index (χ1v) is 11.8. The van der Waals surface area contributed by atoms with Crippen molar-refractivity contribution in [2.75, 3.05) is 11.5 Å². The molecule has 2 aromatic carbocycles. The predicted octanol–water partition coefficient (Wildman–Crippen LogP) is 5.71. The highest BCUT2D eigenvalue weighted by atomic mass is 32.1. The van der Waals surface area contributed by atoms with Crippen LogP contribution in [-0.2, 0) is 0 Å². The topological polar surface area (TPSA) is 72.6 Å².